The molecule has 1 aromatic heterocycles. The first kappa shape index (κ1) is 17.5. The number of aromatic amines is 2. The molecule has 24 heavy (non-hydrogen) atoms. The number of nitrogens with zero attached hydrogens (tertiary/aromatic N) is 1. The average molecular weight is 331 g/mol. The van der Waals surface area contributed by atoms with Crippen molar-refractivity contribution >= 4 is 5.91 Å². The molecule has 1 heterocycles. The number of aromatic nitrogens is 2. The number of para-hydroxylation sites is 1. The van der Waals surface area contributed by atoms with E-state index in [0.717, 1.165) is 22.9 Å². The van der Waals surface area contributed by atoms with Crippen molar-refractivity contribution in [3.8, 4) is 5.75 Å². The van der Waals surface area contributed by atoms with E-state index in [2.05, 4.69) is 4.98 Å². The molecule has 0 saturated carbocycles. The van der Waals surface area contributed by atoms with Gasteiger partial charge in [-0.3, -0.25) is 14.6 Å². The van der Waals surface area contributed by atoms with Crippen molar-refractivity contribution in [3.63, 3.8) is 0 Å². The fourth-order valence-corrected chi connectivity index (χ4v) is 2.39. The molecular weight excluding hydrogens is 310 g/mol. The minimum atomic E-state index is -0.697. The van der Waals surface area contributed by atoms with E-state index >= 15 is 0 Å². The van der Waals surface area contributed by atoms with Crippen LogP contribution in [0.1, 0.15) is 28.0 Å². The summed E-state index contributed by atoms with van der Waals surface area (Å²) in [5.74, 6) is 0.454. The predicted molar refractivity (Wildman–Crippen MR) is 90.7 cm³/mol. The second-order valence-electron chi connectivity index (χ2n) is 5.65. The van der Waals surface area contributed by atoms with Gasteiger partial charge in [0, 0.05) is 19.7 Å². The zero-order valence-electron chi connectivity index (χ0n) is 14.0. The standard InChI is InChI=1S/C17H21N3O4/c1-11-6-4-7-12(2)15(11)24-9-5-8-20(3)16(22)13-10-14(21)19-17(23)18-13/h4,6-7,10H,5,8-9H2,1-3H3,(H2,18,19,21,23). The van der Waals surface area contributed by atoms with Crippen LogP contribution >= 0.6 is 0 Å². The van der Waals surface area contributed by atoms with E-state index in [0.29, 0.717) is 19.6 Å². The normalized spacial score (nSPS) is 10.5. The SMILES string of the molecule is Cc1cccc(C)c1OCCCN(C)C(=O)c1cc(=O)[nH]c(=O)[nH]1. The predicted octanol–water partition coefficient (Wildman–Crippen LogP) is 1.22. The number of aryl methyl sites for hydroxylation is 2. The van der Waals surface area contributed by atoms with Crippen molar-refractivity contribution in [2.75, 3.05) is 20.2 Å². The first-order valence-electron chi connectivity index (χ1n) is 7.66. The van der Waals surface area contributed by atoms with E-state index in [9.17, 15) is 14.4 Å². The molecule has 0 radical (unpaired) electrons. The molecule has 1 amide bonds. The molecular formula is C17H21N3O4. The molecule has 2 aromatic rings. The Morgan fingerprint density at radius 3 is 2.46 bits per heavy atom. The highest BCUT2D eigenvalue weighted by Gasteiger charge is 2.13. The third-order valence-electron chi connectivity index (χ3n) is 3.63. The summed E-state index contributed by atoms with van der Waals surface area (Å²) in [5, 5.41) is 0. The van der Waals surface area contributed by atoms with Gasteiger partial charge in [0.05, 0.1) is 6.61 Å². The Bertz CT molecular complexity index is 790. The summed E-state index contributed by atoms with van der Waals surface area (Å²) in [7, 11) is 1.61. The van der Waals surface area contributed by atoms with Crippen LogP contribution in [-0.4, -0.2) is 41.0 Å². The molecule has 0 atom stereocenters. The van der Waals surface area contributed by atoms with Gasteiger partial charge in [-0.15, -0.1) is 0 Å². The fraction of sp³-hybridized carbons (Fsp3) is 0.353. The van der Waals surface area contributed by atoms with Crippen LogP contribution in [0, 0.1) is 13.8 Å². The molecule has 0 saturated heterocycles. The van der Waals surface area contributed by atoms with Gasteiger partial charge in [-0.25, -0.2) is 4.79 Å². The van der Waals surface area contributed by atoms with E-state index in [1.807, 2.05) is 37.0 Å². The summed E-state index contributed by atoms with van der Waals surface area (Å²) >= 11 is 0. The molecule has 0 aliphatic rings. The van der Waals surface area contributed by atoms with E-state index in [4.69, 9.17) is 4.74 Å². The van der Waals surface area contributed by atoms with Gasteiger partial charge in [0.25, 0.3) is 11.5 Å². The second-order valence-corrected chi connectivity index (χ2v) is 5.65. The van der Waals surface area contributed by atoms with Crippen LogP contribution in [0.2, 0.25) is 0 Å². The van der Waals surface area contributed by atoms with Crippen molar-refractivity contribution in [2.24, 2.45) is 0 Å². The number of rotatable bonds is 6. The maximum absolute atomic E-state index is 12.2. The fourth-order valence-electron chi connectivity index (χ4n) is 2.39. The first-order valence-corrected chi connectivity index (χ1v) is 7.66. The lowest BCUT2D eigenvalue weighted by atomic mass is 10.1. The molecule has 0 aliphatic carbocycles. The van der Waals surface area contributed by atoms with Crippen molar-refractivity contribution < 1.29 is 9.53 Å². The topological polar surface area (TPSA) is 95.3 Å². The summed E-state index contributed by atoms with van der Waals surface area (Å²) in [6, 6.07) is 7.03. The third-order valence-corrected chi connectivity index (χ3v) is 3.63. The largest absolute Gasteiger partial charge is 0.493 e. The van der Waals surface area contributed by atoms with Crippen molar-refractivity contribution in [2.45, 2.75) is 20.3 Å². The van der Waals surface area contributed by atoms with Gasteiger partial charge in [-0.2, -0.15) is 0 Å². The van der Waals surface area contributed by atoms with Crippen LogP contribution in [-0.2, 0) is 0 Å². The number of carbonyl (C=O) groups excluding carboxylic acids is 1. The Hall–Kier alpha value is -2.83. The number of benzene rings is 1. The van der Waals surface area contributed by atoms with E-state index in [-0.39, 0.29) is 5.69 Å². The highest BCUT2D eigenvalue weighted by atomic mass is 16.5. The second kappa shape index (κ2) is 7.63. The van der Waals surface area contributed by atoms with Crippen molar-refractivity contribution in [3.05, 3.63) is 61.9 Å². The number of carbonyl (C=O) groups is 1. The van der Waals surface area contributed by atoms with Crippen molar-refractivity contribution in [1.29, 1.82) is 0 Å². The Morgan fingerprint density at radius 1 is 1.17 bits per heavy atom. The van der Waals surface area contributed by atoms with Crippen molar-refractivity contribution in [1.82, 2.24) is 14.9 Å². The van der Waals surface area contributed by atoms with Crippen LogP contribution in [0.4, 0.5) is 0 Å². The minimum Gasteiger partial charge on any atom is -0.493 e. The summed E-state index contributed by atoms with van der Waals surface area (Å²) in [4.78, 5) is 40.5. The molecule has 2 rings (SSSR count). The summed E-state index contributed by atoms with van der Waals surface area (Å²) in [5.41, 5.74) is 0.814. The lowest BCUT2D eigenvalue weighted by Crippen LogP contribution is -2.33. The average Bonchev–Trinajstić information content (AvgIpc) is 2.51. The molecule has 0 aliphatic heterocycles. The van der Waals surface area contributed by atoms with Gasteiger partial charge in [-0.05, 0) is 31.4 Å². The monoisotopic (exact) mass is 331 g/mol. The highest BCUT2D eigenvalue weighted by molar-refractivity contribution is 5.91. The number of H-pyrrole nitrogens is 2. The number of amides is 1. The quantitative estimate of drug-likeness (QED) is 0.778. The zero-order chi connectivity index (χ0) is 17.7. The molecule has 0 unspecified atom stereocenters. The number of hydrogen-bond donors (Lipinski definition) is 2. The highest BCUT2D eigenvalue weighted by Crippen LogP contribution is 2.22. The number of hydrogen-bond acceptors (Lipinski definition) is 4. The first-order chi connectivity index (χ1) is 11.4. The Morgan fingerprint density at radius 2 is 1.83 bits per heavy atom. The smallest absolute Gasteiger partial charge is 0.326 e. The Balaban J connectivity index is 1.89. The van der Waals surface area contributed by atoms with Crippen LogP contribution in [0.25, 0.3) is 0 Å². The summed E-state index contributed by atoms with van der Waals surface area (Å²) < 4.78 is 5.79. The van der Waals surface area contributed by atoms with Crippen LogP contribution in [0.3, 0.4) is 0 Å². The molecule has 128 valence electrons. The Kier molecular flexibility index (Phi) is 5.57. The zero-order valence-corrected chi connectivity index (χ0v) is 14.0. The van der Waals surface area contributed by atoms with E-state index in [1.165, 1.54) is 4.90 Å². The molecule has 1 aromatic carbocycles. The molecule has 2 N–H and O–H groups in total. The number of ether oxygens (including phenoxy) is 1. The third kappa shape index (κ3) is 4.34. The Labute approximate surface area is 139 Å². The molecule has 7 nitrogen and oxygen atoms in total. The molecule has 0 bridgehead atoms. The minimum absolute atomic E-state index is 0.0260. The van der Waals surface area contributed by atoms with Gasteiger partial charge in [0.2, 0.25) is 0 Å². The van der Waals surface area contributed by atoms with Crippen LogP contribution in [0.5, 0.6) is 5.75 Å². The van der Waals surface area contributed by atoms with Crippen LogP contribution < -0.4 is 16.0 Å². The van der Waals surface area contributed by atoms with Gasteiger partial charge in [0.1, 0.15) is 11.4 Å². The van der Waals surface area contributed by atoms with Gasteiger partial charge in [-0.1, -0.05) is 18.2 Å². The molecule has 0 spiro atoms. The maximum Gasteiger partial charge on any atom is 0.326 e. The van der Waals surface area contributed by atoms with Gasteiger partial charge < -0.3 is 14.6 Å². The summed E-state index contributed by atoms with van der Waals surface area (Å²) in [6.45, 7) is 4.89. The van der Waals surface area contributed by atoms with Gasteiger partial charge >= 0.3 is 5.69 Å². The summed E-state index contributed by atoms with van der Waals surface area (Å²) in [6.07, 6.45) is 0.628. The van der Waals surface area contributed by atoms with E-state index in [1.54, 1.807) is 7.05 Å². The lowest BCUT2D eigenvalue weighted by Gasteiger charge is -2.17. The maximum atomic E-state index is 12.2. The molecule has 0 fully saturated rings. The van der Waals surface area contributed by atoms with E-state index < -0.39 is 17.2 Å². The number of nitrogens with one attached hydrogen (secondary N) is 2. The lowest BCUT2D eigenvalue weighted by molar-refractivity contribution is 0.0781. The van der Waals surface area contributed by atoms with Gasteiger partial charge in [0.15, 0.2) is 0 Å². The van der Waals surface area contributed by atoms with Crippen LogP contribution in [0.15, 0.2) is 33.9 Å². The molecule has 7 heteroatoms.